The van der Waals surface area contributed by atoms with Crippen molar-refractivity contribution in [2.24, 2.45) is 0 Å². The van der Waals surface area contributed by atoms with Gasteiger partial charge in [0.2, 0.25) is 5.91 Å². The molecule has 1 atom stereocenters. The predicted molar refractivity (Wildman–Crippen MR) is 78.3 cm³/mol. The van der Waals surface area contributed by atoms with Gasteiger partial charge in [0.1, 0.15) is 5.82 Å². The highest BCUT2D eigenvalue weighted by atomic mass is 19.1. The molecule has 0 aromatic heterocycles. The van der Waals surface area contributed by atoms with Crippen LogP contribution >= 0.6 is 0 Å². The van der Waals surface area contributed by atoms with Crippen LogP contribution in [0.2, 0.25) is 0 Å². The highest BCUT2D eigenvalue weighted by molar-refractivity contribution is 5.97. The Morgan fingerprint density at radius 1 is 1.14 bits per heavy atom. The van der Waals surface area contributed by atoms with Gasteiger partial charge in [0.05, 0.1) is 12.6 Å². The SMILES string of the molecule is O=C1CC(N2CCN(Cc3ccccc3F)CC2)NC(=O)N1. The van der Waals surface area contributed by atoms with Crippen LogP contribution in [0, 0.1) is 5.82 Å². The summed E-state index contributed by atoms with van der Waals surface area (Å²) >= 11 is 0. The number of benzene rings is 1. The minimum absolute atomic E-state index is 0.179. The number of piperazine rings is 1. The van der Waals surface area contributed by atoms with E-state index in [1.807, 2.05) is 6.07 Å². The highest BCUT2D eigenvalue weighted by Gasteiger charge is 2.30. The van der Waals surface area contributed by atoms with Crippen LogP contribution < -0.4 is 10.6 Å². The number of urea groups is 1. The number of hydrogen-bond acceptors (Lipinski definition) is 4. The summed E-state index contributed by atoms with van der Waals surface area (Å²) in [6.07, 6.45) is 0.0378. The maximum Gasteiger partial charge on any atom is 0.322 e. The van der Waals surface area contributed by atoms with Crippen molar-refractivity contribution < 1.29 is 14.0 Å². The van der Waals surface area contributed by atoms with Gasteiger partial charge < -0.3 is 5.32 Å². The topological polar surface area (TPSA) is 64.7 Å². The summed E-state index contributed by atoms with van der Waals surface area (Å²) in [5, 5.41) is 4.99. The summed E-state index contributed by atoms with van der Waals surface area (Å²) in [5.74, 6) is -0.427. The quantitative estimate of drug-likeness (QED) is 0.853. The molecule has 118 valence electrons. The average molecular weight is 306 g/mol. The number of halogens is 1. The smallest absolute Gasteiger partial charge is 0.322 e. The van der Waals surface area contributed by atoms with Crippen LogP contribution in [0.4, 0.5) is 9.18 Å². The van der Waals surface area contributed by atoms with Crippen LogP contribution in [0.3, 0.4) is 0 Å². The number of carbonyl (C=O) groups excluding carboxylic acids is 2. The van der Waals surface area contributed by atoms with Gasteiger partial charge in [-0.3, -0.25) is 19.9 Å². The average Bonchev–Trinajstić information content (AvgIpc) is 2.49. The van der Waals surface area contributed by atoms with Crippen molar-refractivity contribution in [2.45, 2.75) is 19.1 Å². The molecule has 2 saturated heterocycles. The van der Waals surface area contributed by atoms with Crippen molar-refractivity contribution in [3.63, 3.8) is 0 Å². The third-order valence-electron chi connectivity index (χ3n) is 4.13. The third kappa shape index (κ3) is 3.42. The van der Waals surface area contributed by atoms with E-state index in [0.717, 1.165) is 26.2 Å². The molecule has 0 aliphatic carbocycles. The molecule has 2 fully saturated rings. The Morgan fingerprint density at radius 3 is 2.55 bits per heavy atom. The molecule has 6 nitrogen and oxygen atoms in total. The molecule has 22 heavy (non-hydrogen) atoms. The minimum Gasteiger partial charge on any atom is -0.322 e. The first-order valence-electron chi connectivity index (χ1n) is 7.42. The molecule has 0 radical (unpaired) electrons. The molecular weight excluding hydrogens is 287 g/mol. The fourth-order valence-corrected chi connectivity index (χ4v) is 2.91. The first-order valence-corrected chi connectivity index (χ1v) is 7.42. The van der Waals surface area contributed by atoms with Crippen LogP contribution in [0.1, 0.15) is 12.0 Å². The monoisotopic (exact) mass is 306 g/mol. The summed E-state index contributed by atoms with van der Waals surface area (Å²) in [7, 11) is 0. The van der Waals surface area contributed by atoms with Gasteiger partial charge in [0, 0.05) is 38.3 Å². The fraction of sp³-hybridized carbons (Fsp3) is 0.467. The number of hydrogen-bond donors (Lipinski definition) is 2. The standard InChI is InChI=1S/C15H19FN4O2/c16-12-4-2-1-3-11(12)10-19-5-7-20(8-6-19)13-9-14(21)18-15(22)17-13/h1-4,13H,5-10H2,(H2,17,18,21,22). The van der Waals surface area contributed by atoms with Crippen LogP contribution in [0.15, 0.2) is 24.3 Å². The number of amides is 3. The molecule has 1 aromatic rings. The van der Waals surface area contributed by atoms with Crippen molar-refractivity contribution in [1.82, 2.24) is 20.4 Å². The maximum atomic E-state index is 13.7. The van der Waals surface area contributed by atoms with Gasteiger partial charge >= 0.3 is 6.03 Å². The van der Waals surface area contributed by atoms with Crippen LogP contribution in [0.5, 0.6) is 0 Å². The largest absolute Gasteiger partial charge is 0.322 e. The number of carbonyl (C=O) groups is 2. The molecule has 0 spiro atoms. The van der Waals surface area contributed by atoms with E-state index >= 15 is 0 Å². The zero-order chi connectivity index (χ0) is 15.5. The van der Waals surface area contributed by atoms with Crippen LogP contribution in [0.25, 0.3) is 0 Å². The van der Waals surface area contributed by atoms with Crippen molar-refractivity contribution in [3.05, 3.63) is 35.6 Å². The number of imide groups is 1. The lowest BCUT2D eigenvalue weighted by Crippen LogP contribution is -2.62. The van der Waals surface area contributed by atoms with Crippen molar-refractivity contribution in [1.29, 1.82) is 0 Å². The molecule has 3 amide bonds. The fourth-order valence-electron chi connectivity index (χ4n) is 2.91. The van der Waals surface area contributed by atoms with E-state index in [1.54, 1.807) is 12.1 Å². The highest BCUT2D eigenvalue weighted by Crippen LogP contribution is 2.14. The molecule has 2 aliphatic rings. The van der Waals surface area contributed by atoms with Crippen molar-refractivity contribution in [2.75, 3.05) is 26.2 Å². The molecule has 7 heteroatoms. The first-order chi connectivity index (χ1) is 10.6. The van der Waals surface area contributed by atoms with Gasteiger partial charge in [-0.25, -0.2) is 9.18 Å². The maximum absolute atomic E-state index is 13.7. The Kier molecular flexibility index (Phi) is 4.35. The van der Waals surface area contributed by atoms with Crippen molar-refractivity contribution in [3.8, 4) is 0 Å². The van der Waals surface area contributed by atoms with E-state index in [4.69, 9.17) is 0 Å². The predicted octanol–water partition coefficient (Wildman–Crippen LogP) is 0.499. The van der Waals surface area contributed by atoms with Crippen LogP contribution in [-0.4, -0.2) is 54.1 Å². The van der Waals surface area contributed by atoms with Gasteiger partial charge in [-0.05, 0) is 6.07 Å². The molecule has 0 bridgehead atoms. The lowest BCUT2D eigenvalue weighted by Gasteiger charge is -2.40. The molecule has 2 heterocycles. The zero-order valence-electron chi connectivity index (χ0n) is 12.2. The lowest BCUT2D eigenvalue weighted by molar-refractivity contribution is -0.122. The Labute approximate surface area is 128 Å². The van der Waals surface area contributed by atoms with Gasteiger partial charge in [0.25, 0.3) is 0 Å². The van der Waals surface area contributed by atoms with Crippen molar-refractivity contribution >= 4 is 11.9 Å². The molecule has 1 unspecified atom stereocenters. The van der Waals surface area contributed by atoms with E-state index < -0.39 is 6.03 Å². The second-order valence-corrected chi connectivity index (χ2v) is 5.65. The summed E-state index contributed by atoms with van der Waals surface area (Å²) < 4.78 is 13.7. The van der Waals surface area contributed by atoms with Gasteiger partial charge in [-0.1, -0.05) is 18.2 Å². The van der Waals surface area contributed by atoms with E-state index in [2.05, 4.69) is 20.4 Å². The number of nitrogens with zero attached hydrogens (tertiary/aromatic N) is 2. The lowest BCUT2D eigenvalue weighted by atomic mass is 10.1. The summed E-state index contributed by atoms with van der Waals surface area (Å²) in [5.41, 5.74) is 0.696. The van der Waals surface area contributed by atoms with E-state index in [9.17, 15) is 14.0 Å². The Balaban J connectivity index is 1.53. The Hall–Kier alpha value is -1.99. The van der Waals surface area contributed by atoms with E-state index in [-0.39, 0.29) is 24.3 Å². The summed E-state index contributed by atoms with van der Waals surface area (Å²) in [6.45, 7) is 3.63. The third-order valence-corrected chi connectivity index (χ3v) is 4.13. The van der Waals surface area contributed by atoms with Gasteiger partial charge in [0.15, 0.2) is 0 Å². The van der Waals surface area contributed by atoms with Gasteiger partial charge in [-0.2, -0.15) is 0 Å². The molecule has 3 rings (SSSR count). The minimum atomic E-state index is -0.435. The molecule has 2 N–H and O–H groups in total. The van der Waals surface area contributed by atoms with Crippen LogP contribution in [-0.2, 0) is 11.3 Å². The molecular formula is C15H19FN4O2. The normalized spacial score (nSPS) is 24.0. The Bertz CT molecular complexity index is 556. The second-order valence-electron chi connectivity index (χ2n) is 5.65. The number of rotatable bonds is 3. The second kappa shape index (κ2) is 6.41. The molecule has 1 aromatic carbocycles. The number of nitrogens with one attached hydrogen (secondary N) is 2. The first kappa shape index (κ1) is 14.9. The summed E-state index contributed by atoms with van der Waals surface area (Å²) in [6, 6.07) is 6.36. The van der Waals surface area contributed by atoms with E-state index in [1.165, 1.54) is 6.07 Å². The van der Waals surface area contributed by atoms with E-state index in [0.29, 0.717) is 12.1 Å². The Morgan fingerprint density at radius 2 is 1.86 bits per heavy atom. The zero-order valence-corrected chi connectivity index (χ0v) is 12.2. The summed E-state index contributed by atoms with van der Waals surface area (Å²) in [4.78, 5) is 27.0. The van der Waals surface area contributed by atoms with Gasteiger partial charge in [-0.15, -0.1) is 0 Å². The molecule has 0 saturated carbocycles. The molecule has 2 aliphatic heterocycles.